The van der Waals surface area contributed by atoms with E-state index in [1.165, 1.54) is 12.1 Å². The van der Waals surface area contributed by atoms with Gasteiger partial charge in [0.1, 0.15) is 18.1 Å². The van der Waals surface area contributed by atoms with E-state index in [4.69, 9.17) is 9.47 Å². The molecule has 1 atom stereocenters. The molecule has 1 aliphatic heterocycles. The van der Waals surface area contributed by atoms with Gasteiger partial charge in [-0.25, -0.2) is 4.79 Å². The van der Waals surface area contributed by atoms with Gasteiger partial charge < -0.3 is 19.9 Å². The van der Waals surface area contributed by atoms with E-state index in [1.807, 2.05) is 38.1 Å². The highest BCUT2D eigenvalue weighted by Crippen LogP contribution is 2.30. The zero-order chi connectivity index (χ0) is 18.7. The molecule has 0 aromatic heterocycles. The van der Waals surface area contributed by atoms with E-state index in [-0.39, 0.29) is 30.1 Å². The third kappa shape index (κ3) is 3.96. The fraction of sp³-hybridized carbons (Fsp3) is 0.300. The average molecular weight is 355 g/mol. The Kier molecular flexibility index (Phi) is 5.11. The number of nitrogens with one attached hydrogen (secondary N) is 1. The van der Waals surface area contributed by atoms with Crippen molar-refractivity contribution >= 4 is 17.6 Å². The summed E-state index contributed by atoms with van der Waals surface area (Å²) in [6.07, 6.45) is 0.465. The Labute approximate surface area is 151 Å². The normalized spacial score (nSPS) is 15.7. The molecular formula is C20H21NO5. The van der Waals surface area contributed by atoms with Crippen LogP contribution in [0.15, 0.2) is 42.5 Å². The molecule has 1 unspecified atom stereocenters. The first-order chi connectivity index (χ1) is 12.4. The third-order valence-electron chi connectivity index (χ3n) is 4.10. The molecule has 1 heterocycles. The monoisotopic (exact) mass is 355 g/mol. The highest BCUT2D eigenvalue weighted by atomic mass is 16.5. The van der Waals surface area contributed by atoms with Crippen molar-refractivity contribution in [3.05, 3.63) is 53.6 Å². The topological polar surface area (TPSA) is 84.9 Å². The number of carbonyl (C=O) groups is 2. The van der Waals surface area contributed by atoms with Gasteiger partial charge in [0.05, 0.1) is 23.3 Å². The van der Waals surface area contributed by atoms with Gasteiger partial charge in [-0.3, -0.25) is 4.79 Å². The SMILES string of the molecule is CC(C)Oc1ccc(C(=O)O)cc1NC(=O)C1COc2ccccc2C1. The summed E-state index contributed by atoms with van der Waals surface area (Å²) in [5.41, 5.74) is 1.42. The van der Waals surface area contributed by atoms with Crippen molar-refractivity contribution in [1.29, 1.82) is 0 Å². The summed E-state index contributed by atoms with van der Waals surface area (Å²) in [5.74, 6) is -0.406. The summed E-state index contributed by atoms with van der Waals surface area (Å²) in [5, 5.41) is 12.0. The number of para-hydroxylation sites is 1. The Bertz CT molecular complexity index is 831. The number of carboxylic acid groups (broad SMARTS) is 1. The maximum absolute atomic E-state index is 12.7. The minimum Gasteiger partial charge on any atom is -0.492 e. The quantitative estimate of drug-likeness (QED) is 0.859. The lowest BCUT2D eigenvalue weighted by molar-refractivity contribution is -0.121. The van der Waals surface area contributed by atoms with Crippen LogP contribution in [0.5, 0.6) is 11.5 Å². The number of hydrogen-bond acceptors (Lipinski definition) is 4. The van der Waals surface area contributed by atoms with Gasteiger partial charge in [-0.05, 0) is 50.1 Å². The van der Waals surface area contributed by atoms with Crippen LogP contribution in [0, 0.1) is 5.92 Å². The molecule has 0 saturated heterocycles. The molecule has 0 radical (unpaired) electrons. The molecule has 2 aromatic rings. The first kappa shape index (κ1) is 17.8. The summed E-state index contributed by atoms with van der Waals surface area (Å²) in [6, 6.07) is 12.1. The smallest absolute Gasteiger partial charge is 0.335 e. The van der Waals surface area contributed by atoms with Crippen LogP contribution in [0.1, 0.15) is 29.8 Å². The lowest BCUT2D eigenvalue weighted by Crippen LogP contribution is -2.32. The summed E-state index contributed by atoms with van der Waals surface area (Å²) in [6.45, 7) is 4.01. The van der Waals surface area contributed by atoms with Crippen LogP contribution in [-0.4, -0.2) is 29.7 Å². The number of ether oxygens (including phenoxy) is 2. The molecule has 6 heteroatoms. The van der Waals surface area contributed by atoms with Gasteiger partial charge in [-0.2, -0.15) is 0 Å². The van der Waals surface area contributed by atoms with Gasteiger partial charge in [0.2, 0.25) is 5.91 Å². The van der Waals surface area contributed by atoms with Crippen LogP contribution in [0.25, 0.3) is 0 Å². The second-order valence-corrected chi connectivity index (χ2v) is 6.49. The Morgan fingerprint density at radius 1 is 1.23 bits per heavy atom. The number of fused-ring (bicyclic) bond motifs is 1. The number of hydrogen-bond donors (Lipinski definition) is 2. The van der Waals surface area contributed by atoms with E-state index in [9.17, 15) is 14.7 Å². The summed E-state index contributed by atoms with van der Waals surface area (Å²) >= 11 is 0. The van der Waals surface area contributed by atoms with E-state index in [0.717, 1.165) is 11.3 Å². The number of carbonyl (C=O) groups excluding carboxylic acids is 1. The van der Waals surface area contributed by atoms with Gasteiger partial charge in [0, 0.05) is 0 Å². The minimum atomic E-state index is -1.06. The predicted molar refractivity (Wildman–Crippen MR) is 96.9 cm³/mol. The van der Waals surface area contributed by atoms with Crippen LogP contribution in [-0.2, 0) is 11.2 Å². The molecule has 0 fully saturated rings. The lowest BCUT2D eigenvalue weighted by atomic mass is 9.96. The molecule has 1 aliphatic rings. The average Bonchev–Trinajstić information content (AvgIpc) is 2.62. The Hall–Kier alpha value is -3.02. The van der Waals surface area contributed by atoms with Crippen LogP contribution >= 0.6 is 0 Å². The van der Waals surface area contributed by atoms with E-state index >= 15 is 0 Å². The zero-order valence-electron chi connectivity index (χ0n) is 14.7. The molecule has 0 bridgehead atoms. The molecule has 0 spiro atoms. The van der Waals surface area contributed by atoms with E-state index in [2.05, 4.69) is 5.32 Å². The number of aromatic carboxylic acids is 1. The molecule has 26 heavy (non-hydrogen) atoms. The molecule has 1 amide bonds. The Morgan fingerprint density at radius 2 is 2.00 bits per heavy atom. The molecule has 6 nitrogen and oxygen atoms in total. The van der Waals surface area contributed by atoms with Crippen molar-refractivity contribution in [2.45, 2.75) is 26.4 Å². The first-order valence-electron chi connectivity index (χ1n) is 8.49. The third-order valence-corrected chi connectivity index (χ3v) is 4.10. The van der Waals surface area contributed by atoms with E-state index < -0.39 is 5.97 Å². The molecular weight excluding hydrogens is 334 g/mol. The number of carboxylic acids is 1. The van der Waals surface area contributed by atoms with Gasteiger partial charge >= 0.3 is 5.97 Å². The van der Waals surface area contributed by atoms with Gasteiger partial charge in [0.25, 0.3) is 0 Å². The first-order valence-corrected chi connectivity index (χ1v) is 8.49. The zero-order valence-corrected chi connectivity index (χ0v) is 14.7. The van der Waals surface area contributed by atoms with Crippen LogP contribution < -0.4 is 14.8 Å². The molecule has 3 rings (SSSR count). The number of anilines is 1. The van der Waals surface area contributed by atoms with E-state index in [0.29, 0.717) is 17.9 Å². The van der Waals surface area contributed by atoms with Crippen molar-refractivity contribution in [2.75, 3.05) is 11.9 Å². The summed E-state index contributed by atoms with van der Waals surface area (Å²) in [4.78, 5) is 23.9. The second kappa shape index (κ2) is 7.47. The van der Waals surface area contributed by atoms with Crippen molar-refractivity contribution in [3.8, 4) is 11.5 Å². The van der Waals surface area contributed by atoms with Gasteiger partial charge in [-0.15, -0.1) is 0 Å². The van der Waals surface area contributed by atoms with Gasteiger partial charge in [0.15, 0.2) is 0 Å². The molecule has 0 saturated carbocycles. The predicted octanol–water partition coefficient (Wildman–Crippen LogP) is 3.36. The maximum atomic E-state index is 12.7. The molecule has 136 valence electrons. The van der Waals surface area contributed by atoms with Crippen molar-refractivity contribution in [1.82, 2.24) is 0 Å². The largest absolute Gasteiger partial charge is 0.492 e. The van der Waals surface area contributed by atoms with E-state index in [1.54, 1.807) is 6.07 Å². The highest BCUT2D eigenvalue weighted by Gasteiger charge is 2.26. The number of benzene rings is 2. The lowest BCUT2D eigenvalue weighted by Gasteiger charge is -2.25. The Morgan fingerprint density at radius 3 is 2.73 bits per heavy atom. The van der Waals surface area contributed by atoms with Crippen LogP contribution in [0.3, 0.4) is 0 Å². The summed E-state index contributed by atoms with van der Waals surface area (Å²) in [7, 11) is 0. The maximum Gasteiger partial charge on any atom is 0.335 e. The fourth-order valence-electron chi connectivity index (χ4n) is 2.85. The Balaban J connectivity index is 1.80. The molecule has 2 N–H and O–H groups in total. The fourth-order valence-corrected chi connectivity index (χ4v) is 2.85. The minimum absolute atomic E-state index is 0.0849. The van der Waals surface area contributed by atoms with Crippen LogP contribution in [0.4, 0.5) is 5.69 Å². The second-order valence-electron chi connectivity index (χ2n) is 6.49. The number of rotatable bonds is 5. The van der Waals surface area contributed by atoms with Crippen molar-refractivity contribution < 1.29 is 24.2 Å². The number of amides is 1. The van der Waals surface area contributed by atoms with Gasteiger partial charge in [-0.1, -0.05) is 18.2 Å². The molecule has 0 aliphatic carbocycles. The van der Waals surface area contributed by atoms with Crippen LogP contribution in [0.2, 0.25) is 0 Å². The van der Waals surface area contributed by atoms with Crippen molar-refractivity contribution in [2.24, 2.45) is 5.92 Å². The standard InChI is InChI=1S/C20H21NO5/c1-12(2)26-18-8-7-14(20(23)24)10-16(18)21-19(22)15-9-13-5-3-4-6-17(13)25-11-15/h3-8,10,12,15H,9,11H2,1-2H3,(H,21,22)(H,23,24). The molecule has 2 aromatic carbocycles. The highest BCUT2D eigenvalue weighted by molar-refractivity contribution is 5.97. The summed E-state index contributed by atoms with van der Waals surface area (Å²) < 4.78 is 11.4. The van der Waals surface area contributed by atoms with Crippen molar-refractivity contribution in [3.63, 3.8) is 0 Å².